The van der Waals surface area contributed by atoms with Crippen LogP contribution in [0.4, 0.5) is 0 Å². The second kappa shape index (κ2) is 7.29. The zero-order valence-electron chi connectivity index (χ0n) is 12.3. The lowest BCUT2D eigenvalue weighted by Crippen LogP contribution is -2.26. The van der Waals surface area contributed by atoms with Gasteiger partial charge >= 0.3 is 0 Å². The number of benzene rings is 1. The topological polar surface area (TPSA) is 38.8 Å². The van der Waals surface area contributed by atoms with E-state index in [1.54, 1.807) is 7.05 Å². The summed E-state index contributed by atoms with van der Waals surface area (Å²) in [7, 11) is 3.10. The van der Waals surface area contributed by atoms with Gasteiger partial charge in [0, 0.05) is 7.05 Å². The number of nitrogens with zero attached hydrogens (tertiary/aromatic N) is 1. The third-order valence-electron chi connectivity index (χ3n) is 3.76. The molecule has 2 rings (SSSR count). The zero-order valence-corrected chi connectivity index (χ0v) is 12.3. The highest BCUT2D eigenvalue weighted by Crippen LogP contribution is 2.23. The number of ether oxygens (including phenoxy) is 1. The van der Waals surface area contributed by atoms with Crippen LogP contribution in [-0.2, 0) is 16.1 Å². The molecule has 0 saturated heterocycles. The van der Waals surface area contributed by atoms with Crippen LogP contribution in [0.2, 0.25) is 0 Å². The molecule has 1 saturated carbocycles. The monoisotopic (exact) mass is 277 g/mol. The number of rotatable bonds is 5. The minimum atomic E-state index is -0.0616. The van der Waals surface area contributed by atoms with Crippen molar-refractivity contribution in [3.8, 4) is 5.75 Å². The van der Waals surface area contributed by atoms with Gasteiger partial charge in [0.2, 0.25) is 5.91 Å². The predicted molar refractivity (Wildman–Crippen MR) is 77.4 cm³/mol. The molecule has 20 heavy (non-hydrogen) atoms. The van der Waals surface area contributed by atoms with Gasteiger partial charge in [-0.05, 0) is 43.4 Å². The molecule has 110 valence electrons. The summed E-state index contributed by atoms with van der Waals surface area (Å²) in [6.07, 6.45) is 6.86. The van der Waals surface area contributed by atoms with Crippen LogP contribution < -0.4 is 4.74 Å². The maximum atomic E-state index is 11.7. The number of carbonyl (C=O) groups excluding carboxylic acids is 1. The molecule has 0 heterocycles. The van der Waals surface area contributed by atoms with E-state index in [4.69, 9.17) is 9.57 Å². The van der Waals surface area contributed by atoms with E-state index >= 15 is 0 Å². The fourth-order valence-corrected chi connectivity index (χ4v) is 2.45. The molecule has 0 spiro atoms. The van der Waals surface area contributed by atoms with E-state index in [9.17, 15) is 4.79 Å². The predicted octanol–water partition coefficient (Wildman–Crippen LogP) is 2.96. The van der Waals surface area contributed by atoms with E-state index in [0.717, 1.165) is 24.2 Å². The summed E-state index contributed by atoms with van der Waals surface area (Å²) in [5, 5.41) is 1.24. The molecule has 0 aliphatic heterocycles. The molecule has 0 bridgehead atoms. The number of amides is 1. The SMILES string of the molecule is CON(C)C(=O)Cc1ccc(OC2CCCCC2)cc1. The Morgan fingerprint density at radius 1 is 1.20 bits per heavy atom. The minimum absolute atomic E-state index is 0.0616. The Morgan fingerprint density at radius 3 is 2.45 bits per heavy atom. The third kappa shape index (κ3) is 4.23. The molecular weight excluding hydrogens is 254 g/mol. The molecule has 4 heteroatoms. The van der Waals surface area contributed by atoms with E-state index in [0.29, 0.717) is 12.5 Å². The average molecular weight is 277 g/mol. The van der Waals surface area contributed by atoms with Crippen LogP contribution in [0.15, 0.2) is 24.3 Å². The summed E-state index contributed by atoms with van der Waals surface area (Å²) < 4.78 is 5.96. The molecule has 0 aromatic heterocycles. The van der Waals surface area contributed by atoms with Crippen LogP contribution in [0.25, 0.3) is 0 Å². The van der Waals surface area contributed by atoms with Crippen LogP contribution in [-0.4, -0.2) is 31.2 Å². The van der Waals surface area contributed by atoms with Crippen molar-refractivity contribution in [2.45, 2.75) is 44.6 Å². The van der Waals surface area contributed by atoms with Gasteiger partial charge in [-0.3, -0.25) is 9.63 Å². The lowest BCUT2D eigenvalue weighted by molar-refractivity contribution is -0.167. The molecule has 0 radical (unpaired) electrons. The molecule has 1 amide bonds. The molecule has 1 aliphatic rings. The molecule has 0 unspecified atom stereocenters. The lowest BCUT2D eigenvalue weighted by atomic mass is 9.98. The van der Waals surface area contributed by atoms with Crippen molar-refractivity contribution in [1.29, 1.82) is 0 Å². The van der Waals surface area contributed by atoms with Crippen molar-refractivity contribution in [2.24, 2.45) is 0 Å². The van der Waals surface area contributed by atoms with Crippen LogP contribution in [0.3, 0.4) is 0 Å². The standard InChI is InChI=1S/C16H23NO3/c1-17(19-2)16(18)12-13-8-10-15(11-9-13)20-14-6-4-3-5-7-14/h8-11,14H,3-7,12H2,1-2H3. The number of hydroxylamine groups is 2. The maximum absolute atomic E-state index is 11.7. The Hall–Kier alpha value is -1.55. The second-order valence-electron chi connectivity index (χ2n) is 5.27. The summed E-state index contributed by atoms with van der Waals surface area (Å²) >= 11 is 0. The molecule has 0 atom stereocenters. The van der Waals surface area contributed by atoms with E-state index in [1.165, 1.54) is 31.4 Å². The van der Waals surface area contributed by atoms with E-state index in [1.807, 2.05) is 24.3 Å². The van der Waals surface area contributed by atoms with Crippen molar-refractivity contribution >= 4 is 5.91 Å². The highest BCUT2D eigenvalue weighted by atomic mass is 16.7. The Bertz CT molecular complexity index is 424. The first-order chi connectivity index (χ1) is 9.69. The van der Waals surface area contributed by atoms with E-state index in [2.05, 4.69) is 0 Å². The van der Waals surface area contributed by atoms with Crippen molar-refractivity contribution < 1.29 is 14.4 Å². The maximum Gasteiger partial charge on any atom is 0.250 e. The number of hydrogen-bond acceptors (Lipinski definition) is 3. The average Bonchev–Trinajstić information content (AvgIpc) is 2.49. The molecular formula is C16H23NO3. The summed E-state index contributed by atoms with van der Waals surface area (Å²) in [6.45, 7) is 0. The Labute approximate surface area is 120 Å². The fraction of sp³-hybridized carbons (Fsp3) is 0.562. The highest BCUT2D eigenvalue weighted by molar-refractivity contribution is 5.77. The van der Waals surface area contributed by atoms with Gasteiger partial charge in [0.05, 0.1) is 19.6 Å². The normalized spacial score (nSPS) is 15.9. The second-order valence-corrected chi connectivity index (χ2v) is 5.27. The summed E-state index contributed by atoms with van der Waals surface area (Å²) in [6, 6.07) is 7.78. The smallest absolute Gasteiger partial charge is 0.250 e. The van der Waals surface area contributed by atoms with Crippen molar-refractivity contribution in [3.05, 3.63) is 29.8 Å². The Kier molecular flexibility index (Phi) is 5.41. The number of hydrogen-bond donors (Lipinski definition) is 0. The summed E-state index contributed by atoms with van der Waals surface area (Å²) in [5.41, 5.74) is 0.967. The Balaban J connectivity index is 1.87. The molecule has 1 aromatic rings. The van der Waals surface area contributed by atoms with Gasteiger partial charge in [-0.1, -0.05) is 18.6 Å². The largest absolute Gasteiger partial charge is 0.490 e. The van der Waals surface area contributed by atoms with E-state index < -0.39 is 0 Å². The number of carbonyl (C=O) groups is 1. The molecule has 1 aliphatic carbocycles. The first-order valence-corrected chi connectivity index (χ1v) is 7.25. The van der Waals surface area contributed by atoms with Gasteiger partial charge in [0.15, 0.2) is 0 Å². The number of likely N-dealkylation sites (N-methyl/N-ethyl adjacent to an activating group) is 1. The lowest BCUT2D eigenvalue weighted by Gasteiger charge is -2.23. The highest BCUT2D eigenvalue weighted by Gasteiger charge is 2.15. The minimum Gasteiger partial charge on any atom is -0.490 e. The van der Waals surface area contributed by atoms with Gasteiger partial charge in [0.25, 0.3) is 0 Å². The zero-order chi connectivity index (χ0) is 14.4. The first-order valence-electron chi connectivity index (χ1n) is 7.25. The molecule has 0 N–H and O–H groups in total. The summed E-state index contributed by atoms with van der Waals surface area (Å²) in [4.78, 5) is 16.6. The van der Waals surface area contributed by atoms with Crippen molar-refractivity contribution in [1.82, 2.24) is 5.06 Å². The molecule has 1 aromatic carbocycles. The van der Waals surface area contributed by atoms with Crippen LogP contribution >= 0.6 is 0 Å². The van der Waals surface area contributed by atoms with Gasteiger partial charge in [-0.25, -0.2) is 5.06 Å². The fourth-order valence-electron chi connectivity index (χ4n) is 2.45. The third-order valence-corrected chi connectivity index (χ3v) is 3.76. The summed E-state index contributed by atoms with van der Waals surface area (Å²) in [5.74, 6) is 0.835. The molecule has 4 nitrogen and oxygen atoms in total. The van der Waals surface area contributed by atoms with Crippen molar-refractivity contribution in [2.75, 3.05) is 14.2 Å². The quantitative estimate of drug-likeness (QED) is 0.777. The van der Waals surface area contributed by atoms with Gasteiger partial charge in [0.1, 0.15) is 5.75 Å². The van der Waals surface area contributed by atoms with Crippen LogP contribution in [0.5, 0.6) is 5.75 Å². The molecule has 1 fully saturated rings. The van der Waals surface area contributed by atoms with Crippen LogP contribution in [0, 0.1) is 0 Å². The van der Waals surface area contributed by atoms with Crippen LogP contribution in [0.1, 0.15) is 37.7 Å². The van der Waals surface area contributed by atoms with E-state index in [-0.39, 0.29) is 5.91 Å². The van der Waals surface area contributed by atoms with Gasteiger partial charge in [-0.2, -0.15) is 0 Å². The van der Waals surface area contributed by atoms with Gasteiger partial charge < -0.3 is 4.74 Å². The Morgan fingerprint density at radius 2 is 1.85 bits per heavy atom. The first kappa shape index (κ1) is 14.9. The van der Waals surface area contributed by atoms with Gasteiger partial charge in [-0.15, -0.1) is 0 Å². The van der Waals surface area contributed by atoms with Crippen molar-refractivity contribution in [3.63, 3.8) is 0 Å².